The third kappa shape index (κ3) is 2.43. The second kappa shape index (κ2) is 4.72. The highest BCUT2D eigenvalue weighted by Crippen LogP contribution is 2.10. The van der Waals surface area contributed by atoms with Crippen molar-refractivity contribution in [3.8, 4) is 0 Å². The minimum absolute atomic E-state index is 0.0838. The standard InChI is InChI=1S/C10H14N2O3/c1-4-15-10(14)9-8(6-13)5-12(11-9)7(2)3/h5-7H,4H2,1-3H3. The molecule has 0 aliphatic rings. The number of aromatic nitrogens is 2. The first-order valence-electron chi connectivity index (χ1n) is 4.81. The van der Waals surface area contributed by atoms with Gasteiger partial charge in [-0.15, -0.1) is 0 Å². The summed E-state index contributed by atoms with van der Waals surface area (Å²) in [5, 5.41) is 4.01. The average Bonchev–Trinajstić information content (AvgIpc) is 2.61. The van der Waals surface area contributed by atoms with Crippen LogP contribution in [0.1, 0.15) is 47.7 Å². The average molecular weight is 210 g/mol. The van der Waals surface area contributed by atoms with E-state index in [1.165, 1.54) is 0 Å². The molecule has 5 heteroatoms. The van der Waals surface area contributed by atoms with E-state index in [2.05, 4.69) is 5.10 Å². The molecule has 1 aromatic heterocycles. The van der Waals surface area contributed by atoms with Crippen LogP contribution >= 0.6 is 0 Å². The van der Waals surface area contributed by atoms with Crippen LogP contribution in [0.15, 0.2) is 6.20 Å². The highest BCUT2D eigenvalue weighted by atomic mass is 16.5. The number of hydrogen-bond donors (Lipinski definition) is 0. The largest absolute Gasteiger partial charge is 0.461 e. The molecule has 0 saturated heterocycles. The van der Waals surface area contributed by atoms with Crippen LogP contribution in [0.25, 0.3) is 0 Å². The minimum atomic E-state index is -0.556. The number of carbonyl (C=O) groups is 2. The van der Waals surface area contributed by atoms with Crippen molar-refractivity contribution in [2.75, 3.05) is 6.61 Å². The van der Waals surface area contributed by atoms with E-state index in [1.807, 2.05) is 13.8 Å². The molecule has 0 radical (unpaired) electrons. The van der Waals surface area contributed by atoms with Gasteiger partial charge in [0.2, 0.25) is 0 Å². The van der Waals surface area contributed by atoms with Crippen molar-refractivity contribution >= 4 is 12.3 Å². The molecule has 1 heterocycles. The van der Waals surface area contributed by atoms with Crippen LogP contribution in [0.5, 0.6) is 0 Å². The van der Waals surface area contributed by atoms with Gasteiger partial charge >= 0.3 is 5.97 Å². The van der Waals surface area contributed by atoms with E-state index in [1.54, 1.807) is 17.8 Å². The van der Waals surface area contributed by atoms with Crippen molar-refractivity contribution in [2.45, 2.75) is 26.8 Å². The Morgan fingerprint density at radius 1 is 1.67 bits per heavy atom. The molecule has 0 atom stereocenters. The van der Waals surface area contributed by atoms with Gasteiger partial charge in [0.05, 0.1) is 12.2 Å². The molecule has 15 heavy (non-hydrogen) atoms. The summed E-state index contributed by atoms with van der Waals surface area (Å²) in [6.45, 7) is 5.80. The zero-order valence-corrected chi connectivity index (χ0v) is 9.06. The van der Waals surface area contributed by atoms with Gasteiger partial charge in [0, 0.05) is 12.2 Å². The molecular formula is C10H14N2O3. The highest BCUT2D eigenvalue weighted by molar-refractivity contribution is 5.96. The number of ether oxygens (including phenoxy) is 1. The maximum atomic E-state index is 11.4. The quantitative estimate of drug-likeness (QED) is 0.557. The second-order valence-electron chi connectivity index (χ2n) is 3.35. The molecular weight excluding hydrogens is 196 g/mol. The van der Waals surface area contributed by atoms with Crippen LogP contribution in [0, 0.1) is 0 Å². The Kier molecular flexibility index (Phi) is 3.60. The van der Waals surface area contributed by atoms with Crippen molar-refractivity contribution in [3.63, 3.8) is 0 Å². The fraction of sp³-hybridized carbons (Fsp3) is 0.500. The summed E-state index contributed by atoms with van der Waals surface area (Å²) in [7, 11) is 0. The summed E-state index contributed by atoms with van der Waals surface area (Å²) in [4.78, 5) is 22.1. The van der Waals surface area contributed by atoms with Crippen LogP contribution in [-0.2, 0) is 4.74 Å². The van der Waals surface area contributed by atoms with Gasteiger partial charge in [-0.1, -0.05) is 0 Å². The SMILES string of the molecule is CCOC(=O)c1nn(C(C)C)cc1C=O. The molecule has 0 unspecified atom stereocenters. The van der Waals surface area contributed by atoms with E-state index >= 15 is 0 Å². The molecule has 0 bridgehead atoms. The minimum Gasteiger partial charge on any atom is -0.461 e. The van der Waals surface area contributed by atoms with Gasteiger partial charge in [-0.3, -0.25) is 9.48 Å². The van der Waals surface area contributed by atoms with Crippen LogP contribution in [-0.4, -0.2) is 28.6 Å². The number of carbonyl (C=O) groups excluding carboxylic acids is 2. The predicted molar refractivity (Wildman–Crippen MR) is 54.0 cm³/mol. The molecule has 0 spiro atoms. The van der Waals surface area contributed by atoms with Gasteiger partial charge in [0.1, 0.15) is 0 Å². The lowest BCUT2D eigenvalue weighted by molar-refractivity contribution is 0.0516. The lowest BCUT2D eigenvalue weighted by atomic mass is 10.3. The zero-order chi connectivity index (χ0) is 11.4. The molecule has 0 aromatic carbocycles. The first kappa shape index (κ1) is 11.4. The summed E-state index contributed by atoms with van der Waals surface area (Å²) in [6, 6.07) is 0.104. The van der Waals surface area contributed by atoms with E-state index in [0.717, 1.165) is 0 Å². The normalized spacial score (nSPS) is 10.4. The molecule has 0 amide bonds. The highest BCUT2D eigenvalue weighted by Gasteiger charge is 2.18. The maximum Gasteiger partial charge on any atom is 0.359 e. The Morgan fingerprint density at radius 2 is 2.33 bits per heavy atom. The molecule has 0 saturated carbocycles. The molecule has 0 fully saturated rings. The fourth-order valence-corrected chi connectivity index (χ4v) is 1.11. The third-order valence-electron chi connectivity index (χ3n) is 1.89. The Morgan fingerprint density at radius 3 is 2.80 bits per heavy atom. The number of nitrogens with zero attached hydrogens (tertiary/aromatic N) is 2. The summed E-state index contributed by atoms with van der Waals surface area (Å²) in [6.07, 6.45) is 2.15. The van der Waals surface area contributed by atoms with Crippen LogP contribution < -0.4 is 0 Å². The van der Waals surface area contributed by atoms with Gasteiger partial charge in [0.25, 0.3) is 0 Å². The van der Waals surface area contributed by atoms with Crippen molar-refractivity contribution in [1.82, 2.24) is 9.78 Å². The Bertz CT molecular complexity index is 369. The predicted octanol–water partition coefficient (Wildman–Crippen LogP) is 1.45. The molecule has 0 aliphatic heterocycles. The smallest absolute Gasteiger partial charge is 0.359 e. The first-order valence-corrected chi connectivity index (χ1v) is 4.81. The lowest BCUT2D eigenvalue weighted by Gasteiger charge is -2.03. The van der Waals surface area contributed by atoms with E-state index in [9.17, 15) is 9.59 Å². The number of aldehydes is 1. The van der Waals surface area contributed by atoms with Gasteiger partial charge in [-0.25, -0.2) is 4.79 Å². The Balaban J connectivity index is 3.05. The monoisotopic (exact) mass is 210 g/mol. The van der Waals surface area contributed by atoms with Crippen molar-refractivity contribution < 1.29 is 14.3 Å². The van der Waals surface area contributed by atoms with E-state index < -0.39 is 5.97 Å². The van der Waals surface area contributed by atoms with Crippen LogP contribution in [0.3, 0.4) is 0 Å². The second-order valence-corrected chi connectivity index (χ2v) is 3.35. The molecule has 1 aromatic rings. The summed E-state index contributed by atoms with van der Waals surface area (Å²) >= 11 is 0. The van der Waals surface area contributed by atoms with E-state index in [-0.39, 0.29) is 23.9 Å². The molecule has 5 nitrogen and oxygen atoms in total. The first-order chi connectivity index (χ1) is 7.10. The van der Waals surface area contributed by atoms with Crippen molar-refractivity contribution in [2.24, 2.45) is 0 Å². The van der Waals surface area contributed by atoms with Gasteiger partial charge in [0.15, 0.2) is 12.0 Å². The molecule has 0 N–H and O–H groups in total. The number of rotatable bonds is 4. The Labute approximate surface area is 88.0 Å². The summed E-state index contributed by atoms with van der Waals surface area (Å²) in [5.74, 6) is -0.556. The Hall–Kier alpha value is -1.65. The van der Waals surface area contributed by atoms with Crippen LogP contribution in [0.4, 0.5) is 0 Å². The topological polar surface area (TPSA) is 61.2 Å². The maximum absolute atomic E-state index is 11.4. The lowest BCUT2D eigenvalue weighted by Crippen LogP contribution is -2.09. The van der Waals surface area contributed by atoms with E-state index in [0.29, 0.717) is 6.29 Å². The van der Waals surface area contributed by atoms with Gasteiger partial charge in [-0.05, 0) is 20.8 Å². The van der Waals surface area contributed by atoms with Gasteiger partial charge < -0.3 is 4.74 Å². The summed E-state index contributed by atoms with van der Waals surface area (Å²) in [5.41, 5.74) is 0.350. The molecule has 82 valence electrons. The molecule has 0 aliphatic carbocycles. The van der Waals surface area contributed by atoms with Crippen LogP contribution in [0.2, 0.25) is 0 Å². The zero-order valence-electron chi connectivity index (χ0n) is 9.06. The fourth-order valence-electron chi connectivity index (χ4n) is 1.11. The number of hydrogen-bond acceptors (Lipinski definition) is 4. The van der Waals surface area contributed by atoms with E-state index in [4.69, 9.17) is 4.74 Å². The van der Waals surface area contributed by atoms with Crippen molar-refractivity contribution in [1.29, 1.82) is 0 Å². The third-order valence-corrected chi connectivity index (χ3v) is 1.89. The molecule has 1 rings (SSSR count). The summed E-state index contributed by atoms with van der Waals surface area (Å²) < 4.78 is 6.36. The van der Waals surface area contributed by atoms with Gasteiger partial charge in [-0.2, -0.15) is 5.10 Å². The number of esters is 1. The van der Waals surface area contributed by atoms with Crippen molar-refractivity contribution in [3.05, 3.63) is 17.5 Å².